The van der Waals surface area contributed by atoms with Crippen LogP contribution in [0.2, 0.25) is 0 Å². The van der Waals surface area contributed by atoms with Gasteiger partial charge in [-0.2, -0.15) is 0 Å². The number of imidazole rings is 1. The molecule has 3 saturated heterocycles. The Morgan fingerprint density at radius 1 is 0.977 bits per heavy atom. The third-order valence-electron chi connectivity index (χ3n) is 9.34. The Morgan fingerprint density at radius 3 is 2.64 bits per heavy atom. The predicted molar refractivity (Wildman–Crippen MR) is 166 cm³/mol. The van der Waals surface area contributed by atoms with E-state index in [2.05, 4.69) is 31.9 Å². The molecule has 4 aromatic rings. The lowest BCUT2D eigenvalue weighted by atomic mass is 9.86. The van der Waals surface area contributed by atoms with Crippen molar-refractivity contribution in [3.05, 3.63) is 72.2 Å². The van der Waals surface area contributed by atoms with Crippen LogP contribution in [-0.2, 0) is 9.59 Å². The molecular weight excluding hydrogens is 559 g/mol. The van der Waals surface area contributed by atoms with Crippen LogP contribution in [0.4, 0.5) is 16.0 Å². The normalized spacial score (nSPS) is 22.0. The zero-order valence-corrected chi connectivity index (χ0v) is 24.9. The molecule has 0 bridgehead atoms. The van der Waals surface area contributed by atoms with Gasteiger partial charge in [0.05, 0.1) is 17.9 Å². The SMILES string of the molecule is CC(CN1CCN(c2cccc(-c3cnc4ccc(N5CCC[C@@H]5c5cccc(F)c5)nn34)n2)CC1)C1CCC(=O)NC1=O. The van der Waals surface area contributed by atoms with E-state index >= 15 is 0 Å². The highest BCUT2D eigenvalue weighted by atomic mass is 19.1. The minimum Gasteiger partial charge on any atom is -0.354 e. The number of piperazine rings is 1. The number of piperidine rings is 1. The highest BCUT2D eigenvalue weighted by Gasteiger charge is 2.33. The summed E-state index contributed by atoms with van der Waals surface area (Å²) in [4.78, 5) is 40.4. The molecule has 228 valence electrons. The number of carbonyl (C=O) groups is 2. The number of pyridine rings is 1. The number of nitrogens with zero attached hydrogens (tertiary/aromatic N) is 7. The maximum atomic E-state index is 14.0. The van der Waals surface area contributed by atoms with Crippen LogP contribution in [0, 0.1) is 17.7 Å². The van der Waals surface area contributed by atoms with Crippen molar-refractivity contribution in [3.8, 4) is 11.4 Å². The van der Waals surface area contributed by atoms with E-state index in [1.807, 2.05) is 47.1 Å². The van der Waals surface area contributed by atoms with Crippen molar-refractivity contribution in [2.24, 2.45) is 11.8 Å². The number of benzene rings is 1. The summed E-state index contributed by atoms with van der Waals surface area (Å²) in [5.41, 5.74) is 3.34. The molecule has 10 nitrogen and oxygen atoms in total. The molecule has 1 aromatic carbocycles. The molecule has 7 rings (SSSR count). The highest BCUT2D eigenvalue weighted by Crippen LogP contribution is 2.36. The minimum absolute atomic E-state index is 0.0785. The number of nitrogens with one attached hydrogen (secondary N) is 1. The second-order valence-electron chi connectivity index (χ2n) is 12.2. The van der Waals surface area contributed by atoms with Gasteiger partial charge in [0, 0.05) is 51.6 Å². The van der Waals surface area contributed by atoms with E-state index in [0.29, 0.717) is 12.8 Å². The number of carbonyl (C=O) groups excluding carboxylic acids is 2. The summed E-state index contributed by atoms with van der Waals surface area (Å²) in [6.45, 7) is 7.24. The number of aromatic nitrogens is 4. The highest BCUT2D eigenvalue weighted by molar-refractivity contribution is 5.98. The molecule has 3 aliphatic heterocycles. The molecule has 2 amide bonds. The first-order chi connectivity index (χ1) is 21.4. The summed E-state index contributed by atoms with van der Waals surface area (Å²) in [5.74, 6) is 1.32. The molecule has 1 N–H and O–H groups in total. The summed E-state index contributed by atoms with van der Waals surface area (Å²) in [6, 6.07) is 17.0. The predicted octanol–water partition coefficient (Wildman–Crippen LogP) is 4.08. The first kappa shape index (κ1) is 28.4. The van der Waals surface area contributed by atoms with Crippen molar-refractivity contribution >= 4 is 29.1 Å². The Hall–Kier alpha value is -4.38. The number of halogens is 1. The van der Waals surface area contributed by atoms with Gasteiger partial charge in [-0.1, -0.05) is 25.1 Å². The Morgan fingerprint density at radius 2 is 1.82 bits per heavy atom. The van der Waals surface area contributed by atoms with Gasteiger partial charge in [-0.25, -0.2) is 18.9 Å². The van der Waals surface area contributed by atoms with E-state index in [4.69, 9.17) is 10.1 Å². The number of hydrogen-bond acceptors (Lipinski definition) is 8. The lowest BCUT2D eigenvalue weighted by Crippen LogP contribution is -2.50. The number of hydrogen-bond donors (Lipinski definition) is 1. The van der Waals surface area contributed by atoms with Gasteiger partial charge in [0.15, 0.2) is 5.65 Å². The second-order valence-corrected chi connectivity index (χ2v) is 12.2. The fraction of sp³-hybridized carbons (Fsp3) is 0.424. The average molecular weight is 597 g/mol. The molecule has 44 heavy (non-hydrogen) atoms. The number of amides is 2. The summed E-state index contributed by atoms with van der Waals surface area (Å²) < 4.78 is 15.9. The summed E-state index contributed by atoms with van der Waals surface area (Å²) in [7, 11) is 0. The van der Waals surface area contributed by atoms with Gasteiger partial charge in [0.1, 0.15) is 23.1 Å². The zero-order chi connectivity index (χ0) is 30.2. The van der Waals surface area contributed by atoms with Crippen LogP contribution in [0.3, 0.4) is 0 Å². The van der Waals surface area contributed by atoms with Gasteiger partial charge in [0.25, 0.3) is 0 Å². The summed E-state index contributed by atoms with van der Waals surface area (Å²) >= 11 is 0. The van der Waals surface area contributed by atoms with Crippen LogP contribution >= 0.6 is 0 Å². The Bertz CT molecular complexity index is 1680. The first-order valence-electron chi connectivity index (χ1n) is 15.6. The van der Waals surface area contributed by atoms with Crippen LogP contribution in [0.15, 0.2) is 60.8 Å². The van der Waals surface area contributed by atoms with Gasteiger partial charge >= 0.3 is 0 Å². The number of fused-ring (bicyclic) bond motifs is 1. The van der Waals surface area contributed by atoms with Crippen LogP contribution in [0.1, 0.15) is 44.2 Å². The lowest BCUT2D eigenvalue weighted by molar-refractivity contribution is -0.137. The molecular formula is C33H37FN8O2. The molecule has 3 aliphatic rings. The Labute approximate surface area is 255 Å². The third-order valence-corrected chi connectivity index (χ3v) is 9.34. The van der Waals surface area contributed by atoms with Crippen LogP contribution in [-0.4, -0.2) is 75.6 Å². The van der Waals surface area contributed by atoms with Crippen molar-refractivity contribution in [3.63, 3.8) is 0 Å². The molecule has 3 fully saturated rings. The molecule has 0 aliphatic carbocycles. The monoisotopic (exact) mass is 596 g/mol. The zero-order valence-electron chi connectivity index (χ0n) is 24.9. The van der Waals surface area contributed by atoms with Crippen molar-refractivity contribution in [1.82, 2.24) is 29.8 Å². The lowest BCUT2D eigenvalue weighted by Gasteiger charge is -2.38. The van der Waals surface area contributed by atoms with Crippen LogP contribution in [0.5, 0.6) is 0 Å². The fourth-order valence-electron chi connectivity index (χ4n) is 6.98. The molecule has 0 spiro atoms. The molecule has 6 heterocycles. The molecule has 0 saturated carbocycles. The summed E-state index contributed by atoms with van der Waals surface area (Å²) in [6.07, 6.45) is 4.85. The maximum absolute atomic E-state index is 14.0. The first-order valence-corrected chi connectivity index (χ1v) is 15.6. The Kier molecular flexibility index (Phi) is 7.71. The quantitative estimate of drug-likeness (QED) is 0.319. The van der Waals surface area contributed by atoms with Gasteiger partial charge in [0.2, 0.25) is 11.8 Å². The van der Waals surface area contributed by atoms with E-state index in [9.17, 15) is 14.0 Å². The van der Waals surface area contributed by atoms with Crippen LogP contribution in [0.25, 0.3) is 17.0 Å². The van der Waals surface area contributed by atoms with E-state index in [1.165, 1.54) is 6.07 Å². The van der Waals surface area contributed by atoms with Gasteiger partial charge in [-0.15, -0.1) is 5.10 Å². The molecule has 3 aromatic heterocycles. The average Bonchev–Trinajstić information content (AvgIpc) is 3.69. The van der Waals surface area contributed by atoms with Crippen molar-refractivity contribution in [2.75, 3.05) is 49.1 Å². The Balaban J connectivity index is 1.05. The summed E-state index contributed by atoms with van der Waals surface area (Å²) in [5, 5.41) is 7.49. The largest absolute Gasteiger partial charge is 0.354 e. The standard InChI is InChI=1S/C33H37FN8O2/c1-22(25-10-13-32(43)37-33(25)44)21-39-15-17-40(18-16-39)30-9-3-7-26(36-30)28-20-35-29-11-12-31(38-42(28)29)41-14-4-8-27(41)23-5-2-6-24(34)19-23/h2-3,5-7,9,11-12,19-20,22,25,27H,4,8,10,13-18,21H2,1H3,(H,37,43,44)/t22?,25?,27-/m1/s1. The van der Waals surface area contributed by atoms with E-state index in [0.717, 1.165) is 86.3 Å². The van der Waals surface area contributed by atoms with Crippen LogP contribution < -0.4 is 15.1 Å². The van der Waals surface area contributed by atoms with Gasteiger partial charge in [-0.3, -0.25) is 19.8 Å². The number of rotatable bonds is 7. The smallest absolute Gasteiger partial charge is 0.229 e. The second kappa shape index (κ2) is 12.0. The fourth-order valence-corrected chi connectivity index (χ4v) is 6.98. The maximum Gasteiger partial charge on any atom is 0.229 e. The molecule has 2 unspecified atom stereocenters. The number of imide groups is 1. The topological polar surface area (TPSA) is 99.0 Å². The van der Waals surface area contributed by atoms with Crippen molar-refractivity contribution in [2.45, 2.75) is 38.6 Å². The van der Waals surface area contributed by atoms with Crippen molar-refractivity contribution < 1.29 is 14.0 Å². The molecule has 11 heteroatoms. The van der Waals surface area contributed by atoms with Gasteiger partial charge < -0.3 is 9.80 Å². The minimum atomic E-state index is -0.219. The van der Waals surface area contributed by atoms with Crippen molar-refractivity contribution in [1.29, 1.82) is 0 Å². The van der Waals surface area contributed by atoms with E-state index in [1.54, 1.807) is 12.1 Å². The van der Waals surface area contributed by atoms with Gasteiger partial charge in [-0.05, 0) is 67.1 Å². The third kappa shape index (κ3) is 5.63. The molecule has 3 atom stereocenters. The van der Waals surface area contributed by atoms with E-state index in [-0.39, 0.29) is 35.5 Å². The number of anilines is 2. The van der Waals surface area contributed by atoms with E-state index < -0.39 is 0 Å². The molecule has 0 radical (unpaired) electrons.